The van der Waals surface area contributed by atoms with Gasteiger partial charge in [-0.05, 0) is 11.6 Å². The van der Waals surface area contributed by atoms with Gasteiger partial charge in [0, 0.05) is 17.6 Å². The zero-order valence-corrected chi connectivity index (χ0v) is 10.5. The normalized spacial score (nSPS) is 17.0. The van der Waals surface area contributed by atoms with Gasteiger partial charge >= 0.3 is 0 Å². The lowest BCUT2D eigenvalue weighted by Crippen LogP contribution is -2.30. The number of hydrogen-bond donors (Lipinski definition) is 2. The van der Waals surface area contributed by atoms with Crippen LogP contribution in [-0.4, -0.2) is 17.4 Å². The molecule has 1 aromatic heterocycles. The average Bonchev–Trinajstić information content (AvgIpc) is 3.05. The number of aromatic nitrogens is 1. The minimum atomic E-state index is -0.0974. The number of para-hydroxylation sites is 1. The van der Waals surface area contributed by atoms with E-state index in [-0.39, 0.29) is 11.8 Å². The number of rotatable bonds is 3. The molecular weight excluding hydrogens is 246 g/mol. The third kappa shape index (κ3) is 2.09. The summed E-state index contributed by atoms with van der Waals surface area (Å²) in [6.45, 7) is 1.17. The number of nitrogens with one attached hydrogen (secondary N) is 2. The number of thiazole rings is 1. The first-order valence-electron chi connectivity index (χ1n) is 5.82. The van der Waals surface area contributed by atoms with Gasteiger partial charge in [0.05, 0.1) is 23.7 Å². The van der Waals surface area contributed by atoms with Crippen molar-refractivity contribution in [3.8, 4) is 0 Å². The first kappa shape index (κ1) is 11.2. The molecule has 2 heterocycles. The molecular formula is C13H13N3OS. The maximum Gasteiger partial charge on any atom is 0.229 e. The lowest BCUT2D eigenvalue weighted by atomic mass is 10.0. The zero-order valence-electron chi connectivity index (χ0n) is 9.72. The molecule has 0 saturated heterocycles. The fraction of sp³-hybridized carbons (Fsp3) is 0.231. The monoisotopic (exact) mass is 259 g/mol. The summed E-state index contributed by atoms with van der Waals surface area (Å²) in [5, 5.41) is 8.13. The molecule has 1 amide bonds. The highest BCUT2D eigenvalue weighted by molar-refractivity contribution is 7.07. The van der Waals surface area contributed by atoms with Gasteiger partial charge in [0.25, 0.3) is 0 Å². The smallest absolute Gasteiger partial charge is 0.229 e. The van der Waals surface area contributed by atoms with Gasteiger partial charge in [-0.3, -0.25) is 4.79 Å². The molecule has 0 aliphatic carbocycles. The molecule has 0 spiro atoms. The second kappa shape index (κ2) is 4.78. The van der Waals surface area contributed by atoms with Crippen molar-refractivity contribution >= 4 is 22.9 Å². The molecule has 1 aliphatic rings. The number of anilines is 1. The van der Waals surface area contributed by atoms with Crippen LogP contribution in [0.5, 0.6) is 0 Å². The minimum absolute atomic E-state index is 0.0560. The number of fused-ring (bicyclic) bond motifs is 1. The number of nitrogens with zero attached hydrogens (tertiary/aromatic N) is 1. The number of carbonyl (C=O) groups is 1. The van der Waals surface area contributed by atoms with Crippen LogP contribution in [-0.2, 0) is 11.3 Å². The summed E-state index contributed by atoms with van der Waals surface area (Å²) in [5.74, 6) is -0.0414. The molecule has 2 aromatic rings. The summed E-state index contributed by atoms with van der Waals surface area (Å²) in [5.41, 5.74) is 4.82. The summed E-state index contributed by atoms with van der Waals surface area (Å²) in [6.07, 6.45) is 0. The van der Waals surface area contributed by atoms with Crippen LogP contribution in [0.25, 0.3) is 0 Å². The van der Waals surface area contributed by atoms with Crippen molar-refractivity contribution in [2.24, 2.45) is 0 Å². The highest BCUT2D eigenvalue weighted by Crippen LogP contribution is 2.30. The Morgan fingerprint density at radius 1 is 1.50 bits per heavy atom. The fourth-order valence-corrected chi connectivity index (χ4v) is 2.70. The molecule has 0 fully saturated rings. The average molecular weight is 259 g/mol. The van der Waals surface area contributed by atoms with Crippen molar-refractivity contribution in [3.63, 3.8) is 0 Å². The first-order valence-corrected chi connectivity index (χ1v) is 6.76. The quantitative estimate of drug-likeness (QED) is 0.886. The third-order valence-electron chi connectivity index (χ3n) is 3.08. The molecule has 0 radical (unpaired) electrons. The van der Waals surface area contributed by atoms with Crippen LogP contribution >= 0.6 is 11.3 Å². The van der Waals surface area contributed by atoms with E-state index in [1.54, 1.807) is 5.51 Å². The molecule has 1 unspecified atom stereocenters. The Kier molecular flexibility index (Phi) is 2.98. The number of hydrogen-bond acceptors (Lipinski definition) is 4. The van der Waals surface area contributed by atoms with E-state index in [4.69, 9.17) is 0 Å². The summed E-state index contributed by atoms with van der Waals surface area (Å²) >= 11 is 1.54. The van der Waals surface area contributed by atoms with Crippen molar-refractivity contribution in [1.29, 1.82) is 0 Å². The van der Waals surface area contributed by atoms with Gasteiger partial charge in [0.15, 0.2) is 0 Å². The van der Waals surface area contributed by atoms with E-state index in [1.165, 1.54) is 11.3 Å². The van der Waals surface area contributed by atoms with Crippen molar-refractivity contribution in [2.75, 3.05) is 11.9 Å². The third-order valence-corrected chi connectivity index (χ3v) is 3.71. The topological polar surface area (TPSA) is 54.0 Å². The molecule has 0 saturated carbocycles. The summed E-state index contributed by atoms with van der Waals surface area (Å²) in [6, 6.07) is 7.94. The number of amides is 1. The van der Waals surface area contributed by atoms with E-state index in [1.807, 2.05) is 29.6 Å². The van der Waals surface area contributed by atoms with E-state index in [9.17, 15) is 4.79 Å². The van der Waals surface area contributed by atoms with Gasteiger partial charge in [-0.1, -0.05) is 18.2 Å². The molecule has 1 atom stereocenters. The Morgan fingerprint density at radius 2 is 2.39 bits per heavy atom. The molecule has 1 aliphatic heterocycles. The highest BCUT2D eigenvalue weighted by atomic mass is 32.1. The Balaban J connectivity index is 1.67. The van der Waals surface area contributed by atoms with E-state index in [0.29, 0.717) is 13.1 Å². The van der Waals surface area contributed by atoms with Crippen LogP contribution in [0.4, 0.5) is 5.69 Å². The Morgan fingerprint density at radius 3 is 3.22 bits per heavy atom. The van der Waals surface area contributed by atoms with Crippen LogP contribution in [0.3, 0.4) is 0 Å². The predicted octanol–water partition coefficient (Wildman–Crippen LogP) is 1.97. The molecule has 18 heavy (non-hydrogen) atoms. The van der Waals surface area contributed by atoms with Gasteiger partial charge in [-0.15, -0.1) is 11.3 Å². The van der Waals surface area contributed by atoms with E-state index < -0.39 is 0 Å². The molecule has 3 rings (SSSR count). The minimum Gasteiger partial charge on any atom is -0.384 e. The van der Waals surface area contributed by atoms with Gasteiger partial charge in [0.2, 0.25) is 5.91 Å². The van der Waals surface area contributed by atoms with Crippen LogP contribution in [0.2, 0.25) is 0 Å². The van der Waals surface area contributed by atoms with Crippen LogP contribution < -0.4 is 10.6 Å². The molecule has 0 bridgehead atoms. The van der Waals surface area contributed by atoms with Gasteiger partial charge in [-0.2, -0.15) is 0 Å². The van der Waals surface area contributed by atoms with Crippen molar-refractivity contribution in [1.82, 2.24) is 10.3 Å². The molecule has 92 valence electrons. The van der Waals surface area contributed by atoms with E-state index >= 15 is 0 Å². The Labute approximate surface area is 109 Å². The lowest BCUT2D eigenvalue weighted by Gasteiger charge is -2.10. The lowest BCUT2D eigenvalue weighted by molar-refractivity contribution is -0.122. The van der Waals surface area contributed by atoms with Gasteiger partial charge < -0.3 is 10.6 Å². The van der Waals surface area contributed by atoms with Crippen molar-refractivity contribution in [2.45, 2.75) is 12.5 Å². The van der Waals surface area contributed by atoms with Gasteiger partial charge in [0.1, 0.15) is 0 Å². The summed E-state index contributed by atoms with van der Waals surface area (Å²) < 4.78 is 0. The molecule has 2 N–H and O–H groups in total. The van der Waals surface area contributed by atoms with Crippen molar-refractivity contribution in [3.05, 3.63) is 46.4 Å². The molecule has 5 heteroatoms. The standard InChI is InChI=1S/C13H13N3OS/c17-13(15-5-9-7-18-8-16-9)11-6-14-12-4-2-1-3-10(11)12/h1-4,7-8,11,14H,5-6H2,(H,15,17). The fourth-order valence-electron chi connectivity index (χ4n) is 2.14. The van der Waals surface area contributed by atoms with Crippen LogP contribution in [0.1, 0.15) is 17.2 Å². The Bertz CT molecular complexity index is 553. The molecule has 1 aromatic carbocycles. The SMILES string of the molecule is O=C(NCc1cscn1)C1CNc2ccccc21. The van der Waals surface area contributed by atoms with Crippen molar-refractivity contribution < 1.29 is 4.79 Å². The number of benzene rings is 1. The summed E-state index contributed by atoms with van der Waals surface area (Å²) in [4.78, 5) is 16.3. The van der Waals surface area contributed by atoms with E-state index in [2.05, 4.69) is 15.6 Å². The van der Waals surface area contributed by atoms with Crippen LogP contribution in [0, 0.1) is 0 Å². The second-order valence-corrected chi connectivity index (χ2v) is 4.94. The predicted molar refractivity (Wildman–Crippen MR) is 71.6 cm³/mol. The van der Waals surface area contributed by atoms with Crippen LogP contribution in [0.15, 0.2) is 35.2 Å². The number of carbonyl (C=O) groups excluding carboxylic acids is 1. The highest BCUT2D eigenvalue weighted by Gasteiger charge is 2.27. The largest absolute Gasteiger partial charge is 0.384 e. The zero-order chi connectivity index (χ0) is 12.4. The molecule has 4 nitrogen and oxygen atoms in total. The second-order valence-electron chi connectivity index (χ2n) is 4.22. The Hall–Kier alpha value is -1.88. The maximum absolute atomic E-state index is 12.1. The first-order chi connectivity index (χ1) is 8.84. The summed E-state index contributed by atoms with van der Waals surface area (Å²) in [7, 11) is 0. The maximum atomic E-state index is 12.1. The van der Waals surface area contributed by atoms with E-state index in [0.717, 1.165) is 16.9 Å². The van der Waals surface area contributed by atoms with Gasteiger partial charge in [-0.25, -0.2) is 4.98 Å².